The van der Waals surface area contributed by atoms with E-state index in [0.717, 1.165) is 16.0 Å². The molecule has 1 aliphatic rings. The van der Waals surface area contributed by atoms with Crippen LogP contribution < -0.4 is 10.6 Å². The monoisotopic (exact) mass is 483 g/mol. The van der Waals surface area contributed by atoms with Gasteiger partial charge in [0.15, 0.2) is 5.69 Å². The number of carbonyl (C=O) groups is 3. The number of benzene rings is 1. The second-order valence-electron chi connectivity index (χ2n) is 7.14. The zero-order valence-electron chi connectivity index (χ0n) is 17.9. The molecule has 2 aromatic heterocycles. The maximum absolute atomic E-state index is 12.7. The molecule has 3 heterocycles. The molecule has 0 bridgehead atoms. The van der Waals surface area contributed by atoms with E-state index in [-0.39, 0.29) is 30.2 Å². The van der Waals surface area contributed by atoms with Gasteiger partial charge in [-0.1, -0.05) is 35.9 Å². The molecule has 1 unspecified atom stereocenters. The molecule has 10 heteroatoms. The van der Waals surface area contributed by atoms with E-state index < -0.39 is 24.0 Å². The average Bonchev–Trinajstić information content (AvgIpc) is 3.50. The molecule has 3 aromatic rings. The maximum Gasteiger partial charge on any atom is 0.358 e. The van der Waals surface area contributed by atoms with Crippen LogP contribution in [0.4, 0.5) is 4.79 Å². The molecule has 4 rings (SSSR count). The lowest BCUT2D eigenvalue weighted by atomic mass is 10.0. The van der Waals surface area contributed by atoms with E-state index in [1.807, 2.05) is 48.7 Å². The average molecular weight is 484 g/mol. The minimum Gasteiger partial charge on any atom is -0.463 e. The predicted octanol–water partition coefficient (Wildman–Crippen LogP) is 4.21. The van der Waals surface area contributed by atoms with E-state index in [1.165, 1.54) is 22.7 Å². The summed E-state index contributed by atoms with van der Waals surface area (Å²) in [4.78, 5) is 42.7. The number of rotatable bonds is 7. The minimum absolute atomic E-state index is 0.156. The van der Waals surface area contributed by atoms with Crippen molar-refractivity contribution in [3.05, 3.63) is 74.6 Å². The number of nitrogens with one attached hydrogen (secondary N) is 2. The molecular formula is C23H21N3O5S2. The van der Waals surface area contributed by atoms with Crippen molar-refractivity contribution in [2.24, 2.45) is 0 Å². The molecule has 2 N–H and O–H groups in total. The van der Waals surface area contributed by atoms with Crippen molar-refractivity contribution in [2.75, 3.05) is 13.2 Å². The van der Waals surface area contributed by atoms with Gasteiger partial charge in [0, 0.05) is 15.8 Å². The molecule has 0 spiro atoms. The van der Waals surface area contributed by atoms with Gasteiger partial charge in [0.25, 0.3) is 0 Å². The quantitative estimate of drug-likeness (QED) is 0.488. The first kappa shape index (κ1) is 22.7. The van der Waals surface area contributed by atoms with Crippen molar-refractivity contribution in [3.63, 3.8) is 0 Å². The SMILES string of the molecule is CCOC(=O)C1=C(COC(=O)c2csc(-c3ccc(C)cc3)n2)NC(=O)NC1c1cccs1. The van der Waals surface area contributed by atoms with Gasteiger partial charge in [-0.05, 0) is 25.3 Å². The van der Waals surface area contributed by atoms with Crippen molar-refractivity contribution in [1.29, 1.82) is 0 Å². The van der Waals surface area contributed by atoms with E-state index in [4.69, 9.17) is 9.47 Å². The highest BCUT2D eigenvalue weighted by atomic mass is 32.1. The molecule has 33 heavy (non-hydrogen) atoms. The van der Waals surface area contributed by atoms with Gasteiger partial charge in [-0.15, -0.1) is 22.7 Å². The Labute approximate surface area is 198 Å². The number of aromatic nitrogens is 1. The van der Waals surface area contributed by atoms with E-state index >= 15 is 0 Å². The van der Waals surface area contributed by atoms with Crippen LogP contribution in [0.15, 0.2) is 58.4 Å². The fourth-order valence-corrected chi connectivity index (χ4v) is 4.84. The highest BCUT2D eigenvalue weighted by Crippen LogP contribution is 2.31. The van der Waals surface area contributed by atoms with Crippen LogP contribution in [-0.4, -0.2) is 36.2 Å². The molecule has 0 saturated carbocycles. The fourth-order valence-electron chi connectivity index (χ4n) is 3.26. The van der Waals surface area contributed by atoms with Crippen LogP contribution >= 0.6 is 22.7 Å². The Bertz CT molecular complexity index is 1200. The molecular weight excluding hydrogens is 462 g/mol. The molecule has 0 fully saturated rings. The van der Waals surface area contributed by atoms with Gasteiger partial charge >= 0.3 is 18.0 Å². The molecule has 1 atom stereocenters. The number of thiazole rings is 1. The molecule has 0 saturated heterocycles. The first-order valence-corrected chi connectivity index (χ1v) is 11.9. The minimum atomic E-state index is -0.695. The lowest BCUT2D eigenvalue weighted by molar-refractivity contribution is -0.139. The van der Waals surface area contributed by atoms with Crippen LogP contribution in [0.3, 0.4) is 0 Å². The van der Waals surface area contributed by atoms with Gasteiger partial charge in [-0.25, -0.2) is 19.4 Å². The van der Waals surface area contributed by atoms with Gasteiger partial charge in [-0.3, -0.25) is 0 Å². The summed E-state index contributed by atoms with van der Waals surface area (Å²) in [6.07, 6.45) is 0. The van der Waals surface area contributed by atoms with Crippen molar-refractivity contribution in [1.82, 2.24) is 15.6 Å². The molecule has 2 amide bonds. The summed E-state index contributed by atoms with van der Waals surface area (Å²) in [7, 11) is 0. The van der Waals surface area contributed by atoms with Gasteiger partial charge in [-0.2, -0.15) is 0 Å². The standard InChI is InChI=1S/C23H21N3O5S2/c1-3-30-22(28)18-15(25-23(29)26-19(18)17-5-4-10-32-17)11-31-21(27)16-12-33-20(24-16)14-8-6-13(2)7-9-14/h4-10,12,19H,3,11H2,1-2H3,(H2,25,26,29). The summed E-state index contributed by atoms with van der Waals surface area (Å²) < 4.78 is 10.6. The molecule has 8 nitrogen and oxygen atoms in total. The number of urea groups is 1. The van der Waals surface area contributed by atoms with E-state index in [1.54, 1.807) is 12.3 Å². The number of ether oxygens (including phenoxy) is 2. The molecule has 1 aromatic carbocycles. The number of esters is 2. The first-order chi connectivity index (χ1) is 16.0. The van der Waals surface area contributed by atoms with Gasteiger partial charge in [0.2, 0.25) is 0 Å². The Kier molecular flexibility index (Phi) is 6.85. The normalized spacial score (nSPS) is 15.6. The summed E-state index contributed by atoms with van der Waals surface area (Å²) in [5.41, 5.74) is 2.57. The van der Waals surface area contributed by atoms with Gasteiger partial charge in [0.1, 0.15) is 11.6 Å². The van der Waals surface area contributed by atoms with Gasteiger partial charge < -0.3 is 20.1 Å². The number of hydrogen-bond acceptors (Lipinski definition) is 8. The Morgan fingerprint density at radius 3 is 2.58 bits per heavy atom. The highest BCUT2D eigenvalue weighted by molar-refractivity contribution is 7.13. The smallest absolute Gasteiger partial charge is 0.358 e. The molecule has 170 valence electrons. The summed E-state index contributed by atoms with van der Waals surface area (Å²) >= 11 is 2.73. The second-order valence-corrected chi connectivity index (χ2v) is 8.98. The fraction of sp³-hybridized carbons (Fsp3) is 0.217. The lowest BCUT2D eigenvalue weighted by Crippen LogP contribution is -2.46. The van der Waals surface area contributed by atoms with Crippen molar-refractivity contribution >= 4 is 40.6 Å². The van der Waals surface area contributed by atoms with Crippen molar-refractivity contribution in [2.45, 2.75) is 19.9 Å². The van der Waals surface area contributed by atoms with Crippen molar-refractivity contribution in [3.8, 4) is 10.6 Å². The molecule has 1 aliphatic heterocycles. The largest absolute Gasteiger partial charge is 0.463 e. The lowest BCUT2D eigenvalue weighted by Gasteiger charge is -2.28. The first-order valence-electron chi connectivity index (χ1n) is 10.2. The highest BCUT2D eigenvalue weighted by Gasteiger charge is 2.34. The Hall–Kier alpha value is -3.50. The molecule has 0 radical (unpaired) electrons. The van der Waals surface area contributed by atoms with E-state index in [0.29, 0.717) is 5.01 Å². The molecule has 0 aliphatic carbocycles. The summed E-state index contributed by atoms with van der Waals surface area (Å²) in [5, 5.41) is 9.47. The Balaban J connectivity index is 1.55. The van der Waals surface area contributed by atoms with Crippen LogP contribution in [-0.2, 0) is 14.3 Å². The van der Waals surface area contributed by atoms with Crippen LogP contribution in [0.1, 0.15) is 33.9 Å². The van der Waals surface area contributed by atoms with E-state index in [2.05, 4.69) is 15.6 Å². The Morgan fingerprint density at radius 2 is 1.88 bits per heavy atom. The topological polar surface area (TPSA) is 107 Å². The summed E-state index contributed by atoms with van der Waals surface area (Å²) in [6.45, 7) is 3.55. The maximum atomic E-state index is 12.7. The van der Waals surface area contributed by atoms with Gasteiger partial charge in [0.05, 0.1) is 23.9 Å². The third-order valence-electron chi connectivity index (χ3n) is 4.84. The second kappa shape index (κ2) is 9.97. The van der Waals surface area contributed by atoms with E-state index in [9.17, 15) is 14.4 Å². The summed E-state index contributed by atoms with van der Waals surface area (Å²) in [5.74, 6) is -1.24. The van der Waals surface area contributed by atoms with Crippen molar-refractivity contribution < 1.29 is 23.9 Å². The predicted molar refractivity (Wildman–Crippen MR) is 125 cm³/mol. The van der Waals surface area contributed by atoms with Crippen LogP contribution in [0, 0.1) is 6.92 Å². The number of nitrogens with zero attached hydrogens (tertiary/aromatic N) is 1. The third-order valence-corrected chi connectivity index (χ3v) is 6.66. The van der Waals surface area contributed by atoms with Crippen LogP contribution in [0.5, 0.6) is 0 Å². The van der Waals surface area contributed by atoms with Crippen LogP contribution in [0.2, 0.25) is 0 Å². The number of thiophene rings is 1. The summed E-state index contributed by atoms with van der Waals surface area (Å²) in [6, 6.07) is 10.3. The number of carbonyl (C=O) groups excluding carboxylic acids is 3. The third kappa shape index (κ3) is 5.12. The Morgan fingerprint density at radius 1 is 1.09 bits per heavy atom. The number of aryl methyl sites for hydroxylation is 1. The number of amides is 2. The number of hydrogen-bond donors (Lipinski definition) is 2. The zero-order chi connectivity index (χ0) is 23.4. The van der Waals surface area contributed by atoms with Crippen LogP contribution in [0.25, 0.3) is 10.6 Å². The zero-order valence-corrected chi connectivity index (χ0v) is 19.5.